The quantitative estimate of drug-likeness (QED) is 0.663. The lowest BCUT2D eigenvalue weighted by molar-refractivity contribution is -0.126. The van der Waals surface area contributed by atoms with Gasteiger partial charge in [-0.05, 0) is 30.3 Å². The van der Waals surface area contributed by atoms with E-state index >= 15 is 0 Å². The smallest absolute Gasteiger partial charge is 0.278 e. The molecule has 8 heteroatoms. The molecule has 4 rings (SSSR count). The summed E-state index contributed by atoms with van der Waals surface area (Å²) in [4.78, 5) is 32.0. The summed E-state index contributed by atoms with van der Waals surface area (Å²) in [7, 11) is 0. The van der Waals surface area contributed by atoms with Crippen LogP contribution in [0.5, 0.6) is 0 Å². The lowest BCUT2D eigenvalue weighted by atomic mass is 9.94. The fourth-order valence-electron chi connectivity index (χ4n) is 2.97. The number of amides is 2. The maximum absolute atomic E-state index is 12.9. The molecule has 0 radical (unpaired) electrons. The molecule has 25 heavy (non-hydrogen) atoms. The van der Waals surface area contributed by atoms with Crippen LogP contribution in [0.1, 0.15) is 5.56 Å². The maximum atomic E-state index is 12.9. The molecule has 1 saturated heterocycles. The highest BCUT2D eigenvalue weighted by molar-refractivity contribution is 9.10. The SMILES string of the molecule is O=C1[C@@H]2C(c3ccc(Cl)cc3Cl)=NO[C@@H]2C(=O)N1c1cccc(Br)c1. The van der Waals surface area contributed by atoms with Crippen molar-refractivity contribution in [2.75, 3.05) is 4.90 Å². The van der Waals surface area contributed by atoms with E-state index in [1.54, 1.807) is 36.4 Å². The molecular weight excluding hydrogens is 431 g/mol. The van der Waals surface area contributed by atoms with Crippen LogP contribution in [0.4, 0.5) is 5.69 Å². The van der Waals surface area contributed by atoms with E-state index in [4.69, 9.17) is 28.0 Å². The molecule has 0 spiro atoms. The van der Waals surface area contributed by atoms with Crippen LogP contribution < -0.4 is 4.90 Å². The fourth-order valence-corrected chi connectivity index (χ4v) is 3.86. The number of halogens is 3. The predicted molar refractivity (Wildman–Crippen MR) is 98.0 cm³/mol. The molecule has 2 aliphatic heterocycles. The maximum Gasteiger partial charge on any atom is 0.278 e. The van der Waals surface area contributed by atoms with Crippen LogP contribution in [0.25, 0.3) is 0 Å². The third-order valence-electron chi connectivity index (χ3n) is 4.09. The molecule has 0 bridgehead atoms. The van der Waals surface area contributed by atoms with Gasteiger partial charge in [0.05, 0.1) is 10.7 Å². The molecule has 126 valence electrons. The van der Waals surface area contributed by atoms with E-state index < -0.39 is 23.8 Å². The zero-order valence-corrected chi connectivity index (χ0v) is 15.5. The monoisotopic (exact) mass is 438 g/mol. The normalized spacial score (nSPS) is 22.0. The van der Waals surface area contributed by atoms with Crippen LogP contribution in [0.2, 0.25) is 10.0 Å². The average Bonchev–Trinajstić information content (AvgIpc) is 3.08. The Morgan fingerprint density at radius 3 is 2.60 bits per heavy atom. The number of nitrogens with zero attached hydrogens (tertiary/aromatic N) is 2. The third kappa shape index (κ3) is 2.65. The number of oxime groups is 1. The Morgan fingerprint density at radius 2 is 1.88 bits per heavy atom. The van der Waals surface area contributed by atoms with Crippen LogP contribution in [-0.4, -0.2) is 23.6 Å². The van der Waals surface area contributed by atoms with Gasteiger partial charge in [0, 0.05) is 15.1 Å². The second-order valence-electron chi connectivity index (χ2n) is 5.60. The Bertz CT molecular complexity index is 947. The topological polar surface area (TPSA) is 59.0 Å². The van der Waals surface area contributed by atoms with E-state index in [-0.39, 0.29) is 0 Å². The Morgan fingerprint density at radius 1 is 1.08 bits per heavy atom. The summed E-state index contributed by atoms with van der Waals surface area (Å²) >= 11 is 15.5. The van der Waals surface area contributed by atoms with Crippen molar-refractivity contribution in [1.29, 1.82) is 0 Å². The van der Waals surface area contributed by atoms with Gasteiger partial charge in [0.25, 0.3) is 5.91 Å². The molecule has 2 aromatic carbocycles. The number of anilines is 1. The second-order valence-corrected chi connectivity index (χ2v) is 7.36. The number of rotatable bonds is 2. The van der Waals surface area contributed by atoms with E-state index in [0.29, 0.717) is 27.0 Å². The van der Waals surface area contributed by atoms with Crippen LogP contribution in [0, 0.1) is 5.92 Å². The molecule has 0 N–H and O–H groups in total. The first-order valence-electron chi connectivity index (χ1n) is 7.30. The van der Waals surface area contributed by atoms with Crippen molar-refractivity contribution in [3.8, 4) is 0 Å². The highest BCUT2D eigenvalue weighted by Gasteiger charge is 2.56. The molecule has 2 amide bonds. The Hall–Kier alpha value is -1.89. The fraction of sp³-hybridized carbons (Fsp3) is 0.118. The Kier molecular flexibility index (Phi) is 4.06. The molecule has 5 nitrogen and oxygen atoms in total. The molecule has 2 heterocycles. The lowest BCUT2D eigenvalue weighted by Crippen LogP contribution is -2.33. The molecule has 2 atom stereocenters. The van der Waals surface area contributed by atoms with Gasteiger partial charge in [-0.15, -0.1) is 0 Å². The molecule has 2 aromatic rings. The van der Waals surface area contributed by atoms with Crippen molar-refractivity contribution in [3.63, 3.8) is 0 Å². The summed E-state index contributed by atoms with van der Waals surface area (Å²) in [5.41, 5.74) is 1.34. The summed E-state index contributed by atoms with van der Waals surface area (Å²) in [6, 6.07) is 11.8. The number of hydrogen-bond donors (Lipinski definition) is 0. The number of carbonyl (C=O) groups excluding carboxylic acids is 2. The first kappa shape index (κ1) is 16.6. The predicted octanol–water partition coefficient (Wildman–Crippen LogP) is 4.05. The van der Waals surface area contributed by atoms with Gasteiger partial charge in [0.15, 0.2) is 0 Å². The van der Waals surface area contributed by atoms with Gasteiger partial charge in [0.2, 0.25) is 12.0 Å². The summed E-state index contributed by atoms with van der Waals surface area (Å²) < 4.78 is 0.762. The van der Waals surface area contributed by atoms with Gasteiger partial charge in [-0.25, -0.2) is 4.90 Å². The highest BCUT2D eigenvalue weighted by Crippen LogP contribution is 2.37. The first-order valence-corrected chi connectivity index (χ1v) is 8.85. The van der Waals surface area contributed by atoms with Gasteiger partial charge in [-0.3, -0.25) is 9.59 Å². The van der Waals surface area contributed by atoms with Crippen LogP contribution in [0.15, 0.2) is 52.1 Å². The largest absolute Gasteiger partial charge is 0.381 e. The summed E-state index contributed by atoms with van der Waals surface area (Å²) in [5, 5.41) is 4.75. The standard InChI is InChI=1S/C17H9BrCl2N2O3/c18-8-2-1-3-10(6-8)22-16(23)13-14(21-25-15(13)17(22)24)11-5-4-9(19)7-12(11)20/h1-7,13,15H/t13-,15+/m1/s1. The molecule has 0 saturated carbocycles. The number of carbonyl (C=O) groups is 2. The van der Waals surface area contributed by atoms with Crippen molar-refractivity contribution in [2.24, 2.45) is 11.1 Å². The van der Waals surface area contributed by atoms with Gasteiger partial charge in [-0.1, -0.05) is 56.4 Å². The van der Waals surface area contributed by atoms with E-state index in [9.17, 15) is 9.59 Å². The molecule has 1 fully saturated rings. The van der Waals surface area contributed by atoms with Crippen molar-refractivity contribution in [1.82, 2.24) is 0 Å². The number of benzene rings is 2. The minimum Gasteiger partial charge on any atom is -0.381 e. The minimum atomic E-state index is -0.978. The van der Waals surface area contributed by atoms with Gasteiger partial charge >= 0.3 is 0 Å². The number of imide groups is 1. The summed E-state index contributed by atoms with van der Waals surface area (Å²) in [5.74, 6) is -1.67. The Balaban J connectivity index is 1.73. The summed E-state index contributed by atoms with van der Waals surface area (Å²) in [6.45, 7) is 0. The molecule has 0 aromatic heterocycles. The van der Waals surface area contributed by atoms with E-state index in [1.807, 2.05) is 6.07 Å². The second kappa shape index (κ2) is 6.12. The number of fused-ring (bicyclic) bond motifs is 1. The van der Waals surface area contributed by atoms with Crippen LogP contribution in [-0.2, 0) is 14.4 Å². The third-order valence-corrected chi connectivity index (χ3v) is 5.13. The molecule has 0 aliphatic carbocycles. The van der Waals surface area contributed by atoms with Crippen molar-refractivity contribution in [3.05, 3.63) is 62.5 Å². The number of hydrogen-bond acceptors (Lipinski definition) is 4. The Labute approximate surface area is 161 Å². The highest BCUT2D eigenvalue weighted by atomic mass is 79.9. The molecule has 0 unspecified atom stereocenters. The van der Waals surface area contributed by atoms with E-state index in [1.165, 1.54) is 0 Å². The molecular formula is C17H9BrCl2N2O3. The van der Waals surface area contributed by atoms with Crippen molar-refractivity contribution in [2.45, 2.75) is 6.10 Å². The molecule has 2 aliphatic rings. The first-order chi connectivity index (χ1) is 12.0. The van der Waals surface area contributed by atoms with Gasteiger partial charge in [0.1, 0.15) is 11.6 Å². The summed E-state index contributed by atoms with van der Waals surface area (Å²) in [6.07, 6.45) is -0.978. The van der Waals surface area contributed by atoms with Crippen LogP contribution >= 0.6 is 39.1 Å². The van der Waals surface area contributed by atoms with E-state index in [2.05, 4.69) is 21.1 Å². The zero-order valence-electron chi connectivity index (χ0n) is 12.4. The minimum absolute atomic E-state index is 0.336. The zero-order chi connectivity index (χ0) is 17.7. The van der Waals surface area contributed by atoms with Gasteiger partial charge < -0.3 is 4.84 Å². The lowest BCUT2D eigenvalue weighted by Gasteiger charge is -2.15. The van der Waals surface area contributed by atoms with Gasteiger partial charge in [-0.2, -0.15) is 0 Å². The van der Waals surface area contributed by atoms with E-state index in [0.717, 1.165) is 9.37 Å². The van der Waals surface area contributed by atoms with Crippen LogP contribution in [0.3, 0.4) is 0 Å². The van der Waals surface area contributed by atoms with Crippen molar-refractivity contribution < 1.29 is 14.4 Å². The average molecular weight is 440 g/mol. The van der Waals surface area contributed by atoms with Crippen molar-refractivity contribution >= 4 is 62.3 Å².